The van der Waals surface area contributed by atoms with Gasteiger partial charge >= 0.3 is 46.3 Å². The number of halogens is 2. The quantitative estimate of drug-likeness (QED) is 0.160. The molecule has 16 nitrogen and oxygen atoms in total. The molecule has 6 rings (SSSR count). The van der Waals surface area contributed by atoms with Crippen LogP contribution in [-0.2, 0) is 36.5 Å². The molecular weight excluding hydrogens is 865 g/mol. The van der Waals surface area contributed by atoms with E-state index in [-0.39, 0.29) is 78.9 Å². The van der Waals surface area contributed by atoms with Crippen molar-refractivity contribution >= 4 is 65.6 Å². The zero-order valence-corrected chi connectivity index (χ0v) is 36.0. The molecule has 4 aromatic carbocycles. The molecule has 0 fully saturated rings. The number of nitrogens with zero attached hydrogens (tertiary/aromatic N) is 8. The van der Waals surface area contributed by atoms with Gasteiger partial charge in [-0.2, -0.15) is 20.4 Å². The van der Waals surface area contributed by atoms with Gasteiger partial charge in [0.15, 0.2) is 19.7 Å². The first-order valence-electron chi connectivity index (χ1n) is 15.2. The first kappa shape index (κ1) is 46.1. The summed E-state index contributed by atoms with van der Waals surface area (Å²) < 4.78 is 48.8. The van der Waals surface area contributed by atoms with Crippen molar-refractivity contribution in [2.45, 2.75) is 23.6 Å². The summed E-state index contributed by atoms with van der Waals surface area (Å²) in [6.07, 6.45) is 2.04. The van der Waals surface area contributed by atoms with Crippen LogP contribution in [0.4, 0.5) is 22.7 Å². The molecule has 0 radical (unpaired) electrons. The normalized spacial score (nSPS) is 11.5. The van der Waals surface area contributed by atoms with Crippen molar-refractivity contribution in [3.63, 3.8) is 0 Å². The standard InChI is InChI=1S/2C17H15ClN4O4S.Co.Na/c2*1-10-16(17(24)22(21-10)12-5-3-11(18)4-6-12)20-19-14-9-13(27(2,25)26)7-8-15(14)23;;/h2*3-9,23-24H,1-2H3;;/q;;+3;+1/p-4. The van der Waals surface area contributed by atoms with Crippen LogP contribution < -0.4 is 50.0 Å². The molecule has 0 saturated heterocycles. The maximum Gasteiger partial charge on any atom is 3.00 e. The topological polar surface area (TPSA) is 246 Å². The van der Waals surface area contributed by atoms with Gasteiger partial charge in [-0.15, -0.1) is 10.2 Å². The van der Waals surface area contributed by atoms with Gasteiger partial charge in [-0.25, -0.2) is 26.2 Å². The third-order valence-corrected chi connectivity index (χ3v) is 10.1. The minimum absolute atomic E-state index is 0. The first-order valence-corrected chi connectivity index (χ1v) is 19.8. The molecule has 0 aliphatic carbocycles. The third-order valence-electron chi connectivity index (χ3n) is 7.35. The molecule has 0 aliphatic heterocycles. The van der Waals surface area contributed by atoms with Crippen molar-refractivity contribution in [1.29, 1.82) is 0 Å². The Morgan fingerprint density at radius 1 is 0.554 bits per heavy atom. The molecule has 0 spiro atoms. The minimum Gasteiger partial charge on any atom is -0.871 e. The fraction of sp³-hybridized carbons (Fsp3) is 0.118. The van der Waals surface area contributed by atoms with Gasteiger partial charge in [-0.3, -0.25) is 0 Å². The average molecular weight is 892 g/mol. The molecular formula is C34H26Cl2CoN8NaO8S2. The Labute approximate surface area is 363 Å². The van der Waals surface area contributed by atoms with Crippen molar-refractivity contribution in [2.24, 2.45) is 20.5 Å². The number of hydrogen-bond donors (Lipinski definition) is 0. The smallest absolute Gasteiger partial charge is 0.871 e. The summed E-state index contributed by atoms with van der Waals surface area (Å²) in [5.41, 5.74) is 1.15. The van der Waals surface area contributed by atoms with Crippen LogP contribution in [0.3, 0.4) is 0 Å². The second-order valence-electron chi connectivity index (χ2n) is 11.5. The van der Waals surface area contributed by atoms with E-state index in [1.54, 1.807) is 62.4 Å². The van der Waals surface area contributed by atoms with Crippen LogP contribution in [0.1, 0.15) is 11.4 Å². The third kappa shape index (κ3) is 11.0. The van der Waals surface area contributed by atoms with Crippen LogP contribution in [0, 0.1) is 13.8 Å². The molecule has 56 heavy (non-hydrogen) atoms. The Balaban J connectivity index is 0.000000290. The minimum atomic E-state index is -3.51. The monoisotopic (exact) mass is 890 g/mol. The Bertz CT molecular complexity index is 2470. The summed E-state index contributed by atoms with van der Waals surface area (Å²) >= 11 is 11.7. The van der Waals surface area contributed by atoms with Crippen molar-refractivity contribution in [2.75, 3.05) is 12.5 Å². The summed E-state index contributed by atoms with van der Waals surface area (Å²) in [6, 6.07) is 19.8. The van der Waals surface area contributed by atoms with Gasteiger partial charge in [0.1, 0.15) is 11.4 Å². The molecule has 6 aromatic rings. The number of benzene rings is 4. The van der Waals surface area contributed by atoms with Gasteiger partial charge in [-0.05, 0) is 86.6 Å². The van der Waals surface area contributed by atoms with E-state index < -0.39 is 42.9 Å². The predicted molar refractivity (Wildman–Crippen MR) is 192 cm³/mol. The molecule has 0 amide bonds. The molecule has 0 atom stereocenters. The fourth-order valence-corrected chi connectivity index (χ4v) is 6.09. The maximum absolute atomic E-state index is 12.5. The van der Waals surface area contributed by atoms with Gasteiger partial charge in [0, 0.05) is 34.3 Å². The van der Waals surface area contributed by atoms with Crippen molar-refractivity contribution < 1.29 is 83.6 Å². The Morgan fingerprint density at radius 3 is 1.18 bits per heavy atom. The number of hydrogen-bond acceptors (Lipinski definition) is 14. The number of aryl methyl sites for hydroxylation is 2. The SMILES string of the molecule is Cc1nn(-c2ccc(Cl)cc2)c([O-])c1N=Nc1cc(S(C)(=O)=O)ccc1[O-].Cc1nn(-c2ccc(Cl)cc2)c([O-])c1N=Nc1cc(S(C)(=O)=O)ccc1[O-].[Co+3].[Na+]. The molecule has 0 aliphatic rings. The second-order valence-corrected chi connectivity index (χ2v) is 16.4. The number of aromatic nitrogens is 4. The van der Waals surface area contributed by atoms with Crippen LogP contribution in [-0.4, -0.2) is 48.9 Å². The summed E-state index contributed by atoms with van der Waals surface area (Å²) in [5, 5.41) is 73.4. The van der Waals surface area contributed by atoms with Gasteiger partial charge in [0.25, 0.3) is 0 Å². The van der Waals surface area contributed by atoms with Crippen molar-refractivity contribution in [3.8, 4) is 34.6 Å². The van der Waals surface area contributed by atoms with E-state index in [2.05, 4.69) is 30.7 Å². The molecule has 0 saturated carbocycles. The van der Waals surface area contributed by atoms with Gasteiger partial charge < -0.3 is 20.4 Å². The fourth-order valence-electron chi connectivity index (χ4n) is 4.56. The van der Waals surface area contributed by atoms with Crippen molar-refractivity contribution in [1.82, 2.24) is 19.6 Å². The van der Waals surface area contributed by atoms with E-state index in [1.165, 1.54) is 12.1 Å². The van der Waals surface area contributed by atoms with Gasteiger partial charge in [0.2, 0.25) is 0 Å². The molecule has 286 valence electrons. The largest absolute Gasteiger partial charge is 3.00 e. The molecule has 0 bridgehead atoms. The molecule has 2 heterocycles. The average Bonchev–Trinajstić information content (AvgIpc) is 3.55. The van der Waals surface area contributed by atoms with Gasteiger partial charge in [0.05, 0.1) is 43.9 Å². The predicted octanol–water partition coefficient (Wildman–Crippen LogP) is 2.60. The number of sulfone groups is 2. The first-order chi connectivity index (χ1) is 25.3. The molecule has 2 aromatic heterocycles. The van der Waals surface area contributed by atoms with Crippen LogP contribution in [0.2, 0.25) is 10.0 Å². The van der Waals surface area contributed by atoms with Crippen LogP contribution in [0.5, 0.6) is 23.3 Å². The van der Waals surface area contributed by atoms with E-state index in [4.69, 9.17) is 23.2 Å². The number of rotatable bonds is 8. The molecule has 0 unspecified atom stereocenters. The van der Waals surface area contributed by atoms with E-state index in [0.717, 1.165) is 46.1 Å². The Kier molecular flexibility index (Phi) is 15.4. The van der Waals surface area contributed by atoms with E-state index in [0.29, 0.717) is 32.8 Å². The zero-order chi connectivity index (χ0) is 39.5. The molecule has 22 heteroatoms. The zero-order valence-electron chi connectivity index (χ0n) is 29.8. The van der Waals surface area contributed by atoms with E-state index in [9.17, 15) is 37.3 Å². The summed E-state index contributed by atoms with van der Waals surface area (Å²) in [4.78, 5) is -0.126. The maximum atomic E-state index is 12.5. The summed E-state index contributed by atoms with van der Waals surface area (Å²) in [5.74, 6) is -2.07. The second kappa shape index (κ2) is 18.8. The van der Waals surface area contributed by atoms with E-state index >= 15 is 0 Å². The van der Waals surface area contributed by atoms with Gasteiger partial charge in [-0.1, -0.05) is 46.8 Å². The van der Waals surface area contributed by atoms with Crippen LogP contribution >= 0.6 is 23.2 Å². The van der Waals surface area contributed by atoms with Crippen LogP contribution in [0.25, 0.3) is 11.4 Å². The van der Waals surface area contributed by atoms with Crippen molar-refractivity contribution in [3.05, 3.63) is 106 Å². The number of azo groups is 2. The summed E-state index contributed by atoms with van der Waals surface area (Å²) in [7, 11) is -7.01. The summed E-state index contributed by atoms with van der Waals surface area (Å²) in [6.45, 7) is 3.15. The molecule has 0 N–H and O–H groups in total. The Morgan fingerprint density at radius 2 is 0.875 bits per heavy atom. The van der Waals surface area contributed by atoms with E-state index in [1.807, 2.05) is 0 Å². The van der Waals surface area contributed by atoms with Crippen LogP contribution in [0.15, 0.2) is 115 Å². The Hall–Kier alpha value is -4.31.